The highest BCUT2D eigenvalue weighted by Crippen LogP contribution is 2.24. The lowest BCUT2D eigenvalue weighted by Gasteiger charge is -2.35. The van der Waals surface area contributed by atoms with Crippen LogP contribution in [0.3, 0.4) is 0 Å². The van der Waals surface area contributed by atoms with Gasteiger partial charge in [-0.15, -0.1) is 0 Å². The minimum atomic E-state index is -0.568. The van der Waals surface area contributed by atoms with Gasteiger partial charge in [-0.2, -0.15) is 4.98 Å². The molecule has 1 saturated heterocycles. The van der Waals surface area contributed by atoms with Crippen LogP contribution in [0.15, 0.2) is 41.1 Å². The van der Waals surface area contributed by atoms with Gasteiger partial charge >= 0.3 is 0 Å². The Bertz CT molecular complexity index is 1060. The van der Waals surface area contributed by atoms with Gasteiger partial charge < -0.3 is 14.3 Å². The van der Waals surface area contributed by atoms with Gasteiger partial charge in [-0.3, -0.25) is 4.79 Å². The van der Waals surface area contributed by atoms with Crippen molar-refractivity contribution in [1.82, 2.24) is 20.0 Å². The first-order valence-corrected chi connectivity index (χ1v) is 10.1. The maximum Gasteiger partial charge on any atom is 0.258 e. The molecule has 9 heteroatoms. The van der Waals surface area contributed by atoms with Crippen molar-refractivity contribution >= 4 is 23.3 Å². The zero-order valence-electron chi connectivity index (χ0n) is 16.7. The molecule has 1 fully saturated rings. The number of hydrogen-bond acceptors (Lipinski definition) is 6. The Labute approximate surface area is 178 Å². The van der Waals surface area contributed by atoms with E-state index in [4.69, 9.17) is 16.1 Å². The summed E-state index contributed by atoms with van der Waals surface area (Å²) in [4.78, 5) is 25.2. The van der Waals surface area contributed by atoms with Crippen LogP contribution < -0.4 is 4.90 Å². The van der Waals surface area contributed by atoms with Crippen LogP contribution in [0.25, 0.3) is 11.5 Å². The fourth-order valence-electron chi connectivity index (χ4n) is 3.28. The molecule has 0 aliphatic carbocycles. The Kier molecular flexibility index (Phi) is 5.67. The predicted molar refractivity (Wildman–Crippen MR) is 111 cm³/mol. The normalized spacial score (nSPS) is 14.4. The van der Waals surface area contributed by atoms with Crippen LogP contribution in [-0.4, -0.2) is 52.1 Å². The van der Waals surface area contributed by atoms with Crippen LogP contribution >= 0.6 is 11.6 Å². The van der Waals surface area contributed by atoms with Crippen molar-refractivity contribution in [3.8, 4) is 11.5 Å². The average molecular weight is 430 g/mol. The molecule has 0 spiro atoms. The quantitative estimate of drug-likeness (QED) is 0.623. The maximum absolute atomic E-state index is 14.0. The molecule has 2 aromatic heterocycles. The molecule has 0 N–H and O–H groups in total. The molecular formula is C21H21ClFN5O2. The summed E-state index contributed by atoms with van der Waals surface area (Å²) in [6.45, 7) is 6.06. The number of aromatic nitrogens is 3. The van der Waals surface area contributed by atoms with E-state index in [0.29, 0.717) is 42.9 Å². The highest BCUT2D eigenvalue weighted by molar-refractivity contribution is 6.31. The molecule has 0 saturated carbocycles. The van der Waals surface area contributed by atoms with Crippen LogP contribution in [0, 0.1) is 5.82 Å². The number of piperazine rings is 1. The fourth-order valence-corrected chi connectivity index (χ4v) is 3.45. The zero-order chi connectivity index (χ0) is 21.3. The van der Waals surface area contributed by atoms with E-state index in [1.807, 2.05) is 26.0 Å². The summed E-state index contributed by atoms with van der Waals surface area (Å²) in [5, 5.41) is 4.34. The molecule has 3 heterocycles. The van der Waals surface area contributed by atoms with Crippen molar-refractivity contribution in [2.45, 2.75) is 19.8 Å². The lowest BCUT2D eigenvalue weighted by atomic mass is 10.1. The van der Waals surface area contributed by atoms with Crippen molar-refractivity contribution < 1.29 is 13.7 Å². The van der Waals surface area contributed by atoms with Crippen molar-refractivity contribution in [3.63, 3.8) is 0 Å². The number of halogens is 2. The predicted octanol–water partition coefficient (Wildman–Crippen LogP) is 4.01. The van der Waals surface area contributed by atoms with Gasteiger partial charge in [0.25, 0.3) is 11.8 Å². The van der Waals surface area contributed by atoms with Gasteiger partial charge in [0, 0.05) is 48.9 Å². The van der Waals surface area contributed by atoms with E-state index in [1.54, 1.807) is 11.1 Å². The van der Waals surface area contributed by atoms with E-state index in [2.05, 4.69) is 20.0 Å². The molecule has 4 rings (SSSR count). The molecule has 0 atom stereocenters. The third-order valence-electron chi connectivity index (χ3n) is 5.00. The highest BCUT2D eigenvalue weighted by Gasteiger charge is 2.25. The van der Waals surface area contributed by atoms with Gasteiger partial charge in [-0.25, -0.2) is 9.37 Å². The molecule has 0 unspecified atom stereocenters. The maximum atomic E-state index is 14.0. The second-order valence-corrected chi connectivity index (χ2v) is 7.85. The first-order chi connectivity index (χ1) is 14.4. The van der Waals surface area contributed by atoms with E-state index in [0.717, 1.165) is 11.4 Å². The van der Waals surface area contributed by atoms with Crippen molar-refractivity contribution in [2.75, 3.05) is 31.1 Å². The van der Waals surface area contributed by atoms with Gasteiger partial charge in [0.15, 0.2) is 5.82 Å². The Morgan fingerprint density at radius 2 is 1.93 bits per heavy atom. The van der Waals surface area contributed by atoms with Gasteiger partial charge in [0.1, 0.15) is 11.6 Å². The molecule has 3 aromatic rings. The fraction of sp³-hybridized carbons (Fsp3) is 0.333. The lowest BCUT2D eigenvalue weighted by molar-refractivity contribution is 0.0742. The van der Waals surface area contributed by atoms with Crippen LogP contribution in [0.4, 0.5) is 10.2 Å². The van der Waals surface area contributed by atoms with Crippen LogP contribution in [0.1, 0.15) is 35.9 Å². The third kappa shape index (κ3) is 4.14. The van der Waals surface area contributed by atoms with Crippen molar-refractivity contribution in [2.24, 2.45) is 0 Å². The molecule has 1 aliphatic rings. The van der Waals surface area contributed by atoms with E-state index < -0.39 is 5.82 Å². The summed E-state index contributed by atoms with van der Waals surface area (Å²) in [6.07, 6.45) is 1.70. The highest BCUT2D eigenvalue weighted by atomic mass is 35.5. The zero-order valence-corrected chi connectivity index (χ0v) is 17.4. The molecule has 1 amide bonds. The van der Waals surface area contributed by atoms with Gasteiger partial charge in [-0.1, -0.05) is 30.6 Å². The van der Waals surface area contributed by atoms with Gasteiger partial charge in [0.2, 0.25) is 0 Å². The minimum absolute atomic E-state index is 0.00609. The Morgan fingerprint density at radius 1 is 1.17 bits per heavy atom. The molecular weight excluding hydrogens is 409 g/mol. The van der Waals surface area contributed by atoms with Crippen LogP contribution in [-0.2, 0) is 0 Å². The number of benzene rings is 1. The molecule has 30 heavy (non-hydrogen) atoms. The molecule has 1 aromatic carbocycles. The molecule has 7 nitrogen and oxygen atoms in total. The number of hydrogen-bond donors (Lipinski definition) is 0. The van der Waals surface area contributed by atoms with E-state index in [-0.39, 0.29) is 17.4 Å². The summed E-state index contributed by atoms with van der Waals surface area (Å²) in [7, 11) is 0. The third-order valence-corrected chi connectivity index (χ3v) is 5.24. The number of carbonyl (C=O) groups is 1. The van der Waals surface area contributed by atoms with Gasteiger partial charge in [0.05, 0.1) is 5.56 Å². The Balaban J connectivity index is 1.45. The monoisotopic (exact) mass is 429 g/mol. The van der Waals surface area contributed by atoms with Crippen molar-refractivity contribution in [3.05, 3.63) is 58.8 Å². The lowest BCUT2D eigenvalue weighted by Crippen LogP contribution is -2.49. The number of rotatable bonds is 4. The second-order valence-electron chi connectivity index (χ2n) is 7.42. The summed E-state index contributed by atoms with van der Waals surface area (Å²) in [5.41, 5.74) is 0.785. The van der Waals surface area contributed by atoms with E-state index in [1.165, 1.54) is 18.2 Å². The first kappa shape index (κ1) is 20.3. The molecule has 156 valence electrons. The SMILES string of the molecule is CC(C)c1noc(-c2ccnc(N3CCN(C(=O)c4cc(Cl)ccc4F)CC3)c2)n1. The Hall–Kier alpha value is -3.00. The van der Waals surface area contributed by atoms with E-state index in [9.17, 15) is 9.18 Å². The number of amides is 1. The molecule has 0 radical (unpaired) electrons. The molecule has 0 bridgehead atoms. The summed E-state index contributed by atoms with van der Waals surface area (Å²) >= 11 is 5.92. The van der Waals surface area contributed by atoms with Gasteiger partial charge in [-0.05, 0) is 30.3 Å². The number of carbonyl (C=O) groups excluding carboxylic acids is 1. The van der Waals surface area contributed by atoms with Crippen LogP contribution in [0.5, 0.6) is 0 Å². The Morgan fingerprint density at radius 3 is 2.63 bits per heavy atom. The minimum Gasteiger partial charge on any atom is -0.353 e. The second kappa shape index (κ2) is 8.39. The van der Waals surface area contributed by atoms with E-state index >= 15 is 0 Å². The standard InChI is InChI=1S/C21H21ClFN5O2/c1-13(2)19-25-20(30-26-19)14-5-6-24-18(11-14)27-7-9-28(10-8-27)21(29)16-12-15(22)3-4-17(16)23/h3-6,11-13H,7-10H2,1-2H3. The topological polar surface area (TPSA) is 75.4 Å². The van der Waals surface area contributed by atoms with Crippen LogP contribution in [0.2, 0.25) is 5.02 Å². The first-order valence-electron chi connectivity index (χ1n) is 9.71. The summed E-state index contributed by atoms with van der Waals surface area (Å²) in [5.74, 6) is 1.12. The number of pyridine rings is 1. The van der Waals surface area contributed by atoms with Crippen molar-refractivity contribution in [1.29, 1.82) is 0 Å². The molecule has 1 aliphatic heterocycles. The largest absolute Gasteiger partial charge is 0.353 e. The smallest absolute Gasteiger partial charge is 0.258 e. The average Bonchev–Trinajstić information content (AvgIpc) is 3.26. The summed E-state index contributed by atoms with van der Waals surface area (Å²) < 4.78 is 19.4. The summed E-state index contributed by atoms with van der Waals surface area (Å²) in [6, 6.07) is 7.72. The number of anilines is 1. The number of nitrogens with zero attached hydrogens (tertiary/aromatic N) is 5.